The van der Waals surface area contributed by atoms with Gasteiger partial charge in [0.25, 0.3) is 0 Å². The van der Waals surface area contributed by atoms with Crippen molar-refractivity contribution in [2.75, 3.05) is 0 Å². The molecule has 20 heavy (non-hydrogen) atoms. The summed E-state index contributed by atoms with van der Waals surface area (Å²) in [5.74, 6) is 0.133. The van der Waals surface area contributed by atoms with Crippen molar-refractivity contribution in [3.05, 3.63) is 65.7 Å². The first kappa shape index (κ1) is 14.6. The van der Waals surface area contributed by atoms with Gasteiger partial charge in [-0.3, -0.25) is 0 Å². The number of ether oxygens (including phenoxy) is 1. The van der Waals surface area contributed by atoms with Crippen molar-refractivity contribution in [2.45, 2.75) is 32.2 Å². The maximum absolute atomic E-state index is 10.6. The van der Waals surface area contributed by atoms with E-state index in [4.69, 9.17) is 4.74 Å². The van der Waals surface area contributed by atoms with Crippen molar-refractivity contribution >= 4 is 0 Å². The first-order valence-corrected chi connectivity index (χ1v) is 6.76. The average Bonchev–Trinajstić information content (AvgIpc) is 2.46. The van der Waals surface area contributed by atoms with Crippen molar-refractivity contribution in [1.29, 1.82) is 0 Å². The van der Waals surface area contributed by atoms with E-state index in [2.05, 4.69) is 0 Å². The summed E-state index contributed by atoms with van der Waals surface area (Å²) in [6.07, 6.45) is -1.48. The second kappa shape index (κ2) is 6.55. The molecule has 0 heterocycles. The van der Waals surface area contributed by atoms with Crippen LogP contribution in [0.5, 0.6) is 5.75 Å². The summed E-state index contributed by atoms with van der Waals surface area (Å²) < 4.78 is 5.82. The summed E-state index contributed by atoms with van der Waals surface area (Å²) in [6, 6.07) is 16.3. The zero-order chi connectivity index (χ0) is 14.5. The van der Waals surface area contributed by atoms with Gasteiger partial charge in [0.05, 0.1) is 6.10 Å². The lowest BCUT2D eigenvalue weighted by atomic mass is 9.97. The van der Waals surface area contributed by atoms with E-state index in [-0.39, 0.29) is 11.9 Å². The number of para-hydroxylation sites is 1. The van der Waals surface area contributed by atoms with Gasteiger partial charge in [0, 0.05) is 5.56 Å². The summed E-state index contributed by atoms with van der Waals surface area (Å²) in [6.45, 7) is 3.81. The van der Waals surface area contributed by atoms with Gasteiger partial charge in [0.2, 0.25) is 0 Å². The number of benzene rings is 2. The predicted octanol–water partition coefficient (Wildman–Crippen LogP) is 3.59. The second-order valence-corrected chi connectivity index (χ2v) is 5.02. The van der Waals surface area contributed by atoms with Crippen molar-refractivity contribution in [2.24, 2.45) is 0 Å². The number of aromatic hydroxyl groups is 1. The molecule has 2 rings (SSSR count). The third kappa shape index (κ3) is 3.38. The smallest absolute Gasteiger partial charge is 0.121 e. The fourth-order valence-corrected chi connectivity index (χ4v) is 2.16. The van der Waals surface area contributed by atoms with Crippen molar-refractivity contribution < 1.29 is 14.9 Å². The number of rotatable bonds is 5. The van der Waals surface area contributed by atoms with Gasteiger partial charge < -0.3 is 14.9 Å². The van der Waals surface area contributed by atoms with Gasteiger partial charge in [0.15, 0.2) is 0 Å². The topological polar surface area (TPSA) is 49.7 Å². The molecule has 2 aromatic rings. The van der Waals surface area contributed by atoms with Crippen LogP contribution in [-0.2, 0) is 4.74 Å². The fraction of sp³-hybridized carbons (Fsp3) is 0.294. The Balaban J connectivity index is 2.35. The molecule has 0 aromatic heterocycles. The van der Waals surface area contributed by atoms with Crippen LogP contribution in [0.25, 0.3) is 0 Å². The lowest BCUT2D eigenvalue weighted by molar-refractivity contribution is -0.0699. The summed E-state index contributed by atoms with van der Waals surface area (Å²) in [5.41, 5.74) is 1.36. The van der Waals surface area contributed by atoms with E-state index in [0.717, 1.165) is 5.56 Å². The molecule has 2 atom stereocenters. The summed E-state index contributed by atoms with van der Waals surface area (Å²) >= 11 is 0. The molecular weight excluding hydrogens is 252 g/mol. The van der Waals surface area contributed by atoms with Crippen molar-refractivity contribution in [1.82, 2.24) is 0 Å². The number of phenols is 1. The van der Waals surface area contributed by atoms with Crippen molar-refractivity contribution in [3.63, 3.8) is 0 Å². The third-order valence-corrected chi connectivity index (χ3v) is 3.09. The van der Waals surface area contributed by atoms with E-state index < -0.39 is 12.2 Å². The highest BCUT2D eigenvalue weighted by Gasteiger charge is 2.26. The van der Waals surface area contributed by atoms with Gasteiger partial charge in [-0.15, -0.1) is 0 Å². The Hall–Kier alpha value is -1.84. The quantitative estimate of drug-likeness (QED) is 0.874. The number of hydrogen-bond acceptors (Lipinski definition) is 3. The molecule has 106 valence electrons. The molecule has 0 aliphatic heterocycles. The monoisotopic (exact) mass is 272 g/mol. The molecule has 0 saturated carbocycles. The number of aliphatic hydroxyl groups is 1. The Bertz CT molecular complexity index is 537. The molecule has 3 heteroatoms. The van der Waals surface area contributed by atoms with Gasteiger partial charge in [-0.1, -0.05) is 48.5 Å². The molecule has 0 bridgehead atoms. The molecule has 2 N–H and O–H groups in total. The molecule has 0 aliphatic carbocycles. The Morgan fingerprint density at radius 3 is 2.10 bits per heavy atom. The number of phenolic OH excluding ortho intramolecular Hbond substituents is 1. The van der Waals surface area contributed by atoms with E-state index in [1.54, 1.807) is 18.2 Å². The van der Waals surface area contributed by atoms with Crippen LogP contribution in [0.4, 0.5) is 0 Å². The zero-order valence-corrected chi connectivity index (χ0v) is 11.7. The third-order valence-electron chi connectivity index (χ3n) is 3.09. The Kier molecular flexibility index (Phi) is 4.77. The predicted molar refractivity (Wildman–Crippen MR) is 78.5 cm³/mol. The van der Waals surface area contributed by atoms with Crippen LogP contribution in [0.2, 0.25) is 0 Å². The highest BCUT2D eigenvalue weighted by Crippen LogP contribution is 2.37. The second-order valence-electron chi connectivity index (χ2n) is 5.02. The molecule has 3 nitrogen and oxygen atoms in total. The highest BCUT2D eigenvalue weighted by atomic mass is 16.5. The minimum absolute atomic E-state index is 0.0574. The van der Waals surface area contributed by atoms with E-state index in [1.165, 1.54) is 0 Å². The Labute approximate surface area is 119 Å². The van der Waals surface area contributed by atoms with Crippen LogP contribution in [0.1, 0.15) is 37.2 Å². The molecular formula is C17H20O3. The van der Waals surface area contributed by atoms with Gasteiger partial charge in [-0.05, 0) is 25.5 Å². The lowest BCUT2D eigenvalue weighted by Gasteiger charge is -2.26. The van der Waals surface area contributed by atoms with Crippen LogP contribution in [-0.4, -0.2) is 16.3 Å². The fourth-order valence-electron chi connectivity index (χ4n) is 2.16. The van der Waals surface area contributed by atoms with E-state index in [9.17, 15) is 10.2 Å². The molecule has 2 unspecified atom stereocenters. The van der Waals surface area contributed by atoms with Crippen LogP contribution < -0.4 is 0 Å². The minimum atomic E-state index is -0.827. The summed E-state index contributed by atoms with van der Waals surface area (Å²) in [4.78, 5) is 0. The Morgan fingerprint density at radius 1 is 0.900 bits per heavy atom. The molecule has 0 radical (unpaired) electrons. The van der Waals surface area contributed by atoms with Gasteiger partial charge in [-0.2, -0.15) is 0 Å². The summed E-state index contributed by atoms with van der Waals surface area (Å²) in [5, 5.41) is 20.6. The van der Waals surface area contributed by atoms with E-state index in [0.29, 0.717) is 5.56 Å². The SMILES string of the molecule is CC(C)OC(c1ccccc1O)C(O)c1ccccc1. The first-order valence-electron chi connectivity index (χ1n) is 6.76. The number of hydrogen-bond donors (Lipinski definition) is 2. The van der Waals surface area contributed by atoms with Crippen LogP contribution in [0.3, 0.4) is 0 Å². The molecule has 0 fully saturated rings. The van der Waals surface area contributed by atoms with Crippen LogP contribution in [0.15, 0.2) is 54.6 Å². The molecule has 0 saturated heterocycles. The molecule has 2 aromatic carbocycles. The standard InChI is InChI=1S/C17H20O3/c1-12(2)20-17(14-10-6-7-11-15(14)18)16(19)13-8-4-3-5-9-13/h3-12,16-19H,1-2H3. The Morgan fingerprint density at radius 2 is 1.50 bits per heavy atom. The maximum Gasteiger partial charge on any atom is 0.121 e. The van der Waals surface area contributed by atoms with Crippen molar-refractivity contribution in [3.8, 4) is 5.75 Å². The normalized spacial score (nSPS) is 14.2. The number of aliphatic hydroxyl groups excluding tert-OH is 1. The van der Waals surface area contributed by atoms with Gasteiger partial charge >= 0.3 is 0 Å². The van der Waals surface area contributed by atoms with E-state index >= 15 is 0 Å². The zero-order valence-electron chi connectivity index (χ0n) is 11.7. The molecule has 0 amide bonds. The average molecular weight is 272 g/mol. The molecule has 0 aliphatic rings. The van der Waals surface area contributed by atoms with Crippen LogP contribution in [0, 0.1) is 0 Å². The minimum Gasteiger partial charge on any atom is -0.508 e. The van der Waals surface area contributed by atoms with Gasteiger partial charge in [0.1, 0.15) is 18.0 Å². The van der Waals surface area contributed by atoms with Gasteiger partial charge in [-0.25, -0.2) is 0 Å². The largest absolute Gasteiger partial charge is 0.508 e. The maximum atomic E-state index is 10.6. The summed E-state index contributed by atoms with van der Waals surface area (Å²) in [7, 11) is 0. The molecule has 0 spiro atoms. The van der Waals surface area contributed by atoms with E-state index in [1.807, 2.05) is 50.2 Å². The highest BCUT2D eigenvalue weighted by molar-refractivity contribution is 5.36. The first-order chi connectivity index (χ1) is 9.59. The van der Waals surface area contributed by atoms with Crippen LogP contribution >= 0.6 is 0 Å². The lowest BCUT2D eigenvalue weighted by Crippen LogP contribution is -2.18.